The highest BCUT2D eigenvalue weighted by atomic mass is 16.1. The molecule has 1 aromatic rings. The van der Waals surface area contributed by atoms with Crippen molar-refractivity contribution in [1.82, 2.24) is 5.32 Å². The summed E-state index contributed by atoms with van der Waals surface area (Å²) in [6, 6.07) is 7.96. The molecule has 2 heteroatoms. The second kappa shape index (κ2) is 3.23. The van der Waals surface area contributed by atoms with Gasteiger partial charge in [-0.25, -0.2) is 0 Å². The van der Waals surface area contributed by atoms with Gasteiger partial charge in [-0.15, -0.1) is 0 Å². The molecule has 0 spiro atoms. The summed E-state index contributed by atoms with van der Waals surface area (Å²) in [7, 11) is 0. The van der Waals surface area contributed by atoms with Crippen LogP contribution in [0.3, 0.4) is 0 Å². The molecule has 0 fully saturated rings. The molecule has 3 rings (SSSR count). The highest BCUT2D eigenvalue weighted by Crippen LogP contribution is 2.32. The van der Waals surface area contributed by atoms with Crippen molar-refractivity contribution in [3.05, 3.63) is 47.2 Å². The van der Waals surface area contributed by atoms with Crippen molar-refractivity contribution in [1.29, 1.82) is 0 Å². The fourth-order valence-electron chi connectivity index (χ4n) is 2.52. The standard InChI is InChI=1S/C13H13NO/c15-13-11-4-2-1-3-9(11)7-10-5-6-14-8-12(10)13/h1-4,8,10,14H,5-7H2/t10-/m0/s1. The molecule has 2 aliphatic rings. The number of fused-ring (bicyclic) bond motifs is 2. The molecule has 1 atom stereocenters. The SMILES string of the molecule is O=C1C2=CNCC[C@H]2Cc2ccccc21. The van der Waals surface area contributed by atoms with Gasteiger partial charge in [-0.1, -0.05) is 24.3 Å². The van der Waals surface area contributed by atoms with Gasteiger partial charge in [0.2, 0.25) is 0 Å². The van der Waals surface area contributed by atoms with Gasteiger partial charge in [-0.3, -0.25) is 4.79 Å². The predicted molar refractivity (Wildman–Crippen MR) is 58.7 cm³/mol. The van der Waals surface area contributed by atoms with Crippen LogP contribution in [0.5, 0.6) is 0 Å². The van der Waals surface area contributed by atoms with Crippen molar-refractivity contribution in [3.8, 4) is 0 Å². The summed E-state index contributed by atoms with van der Waals surface area (Å²) >= 11 is 0. The maximum atomic E-state index is 12.1. The third kappa shape index (κ3) is 1.29. The lowest BCUT2D eigenvalue weighted by molar-refractivity contribution is 0.101. The minimum atomic E-state index is 0.217. The summed E-state index contributed by atoms with van der Waals surface area (Å²) < 4.78 is 0. The van der Waals surface area contributed by atoms with Crippen LogP contribution in [0.2, 0.25) is 0 Å². The summed E-state index contributed by atoms with van der Waals surface area (Å²) in [6.07, 6.45) is 4.01. The molecule has 2 nitrogen and oxygen atoms in total. The van der Waals surface area contributed by atoms with E-state index in [1.54, 1.807) is 0 Å². The Kier molecular flexibility index (Phi) is 1.88. The first-order valence-corrected chi connectivity index (χ1v) is 5.42. The molecule has 0 radical (unpaired) electrons. The number of carbonyl (C=O) groups is 1. The van der Waals surface area contributed by atoms with Crippen molar-refractivity contribution in [2.24, 2.45) is 5.92 Å². The number of Topliss-reactive ketones (excluding diaryl/α,β-unsaturated/α-hetero) is 1. The first-order valence-electron chi connectivity index (χ1n) is 5.42. The number of hydrogen-bond acceptors (Lipinski definition) is 2. The molecular formula is C13H13NO. The minimum Gasteiger partial charge on any atom is -0.391 e. The van der Waals surface area contributed by atoms with E-state index in [2.05, 4.69) is 11.4 Å². The Labute approximate surface area is 89.0 Å². The zero-order valence-electron chi connectivity index (χ0n) is 8.49. The Balaban J connectivity index is 2.12. The Morgan fingerprint density at radius 2 is 2.13 bits per heavy atom. The number of rotatable bonds is 0. The van der Waals surface area contributed by atoms with Gasteiger partial charge in [0.25, 0.3) is 0 Å². The average Bonchev–Trinajstić information content (AvgIpc) is 2.30. The molecule has 0 amide bonds. The lowest BCUT2D eigenvalue weighted by Crippen LogP contribution is -2.31. The first-order chi connectivity index (χ1) is 7.36. The van der Waals surface area contributed by atoms with Crippen LogP contribution in [-0.4, -0.2) is 12.3 Å². The first kappa shape index (κ1) is 8.72. The van der Waals surface area contributed by atoms with Gasteiger partial charge >= 0.3 is 0 Å². The van der Waals surface area contributed by atoms with E-state index >= 15 is 0 Å². The molecule has 0 bridgehead atoms. The molecule has 0 aromatic heterocycles. The van der Waals surface area contributed by atoms with Crippen molar-refractivity contribution >= 4 is 5.78 Å². The quantitative estimate of drug-likeness (QED) is 0.691. The number of ketones is 1. The normalized spacial score (nSPS) is 23.6. The Morgan fingerprint density at radius 3 is 3.07 bits per heavy atom. The Hall–Kier alpha value is -1.57. The minimum absolute atomic E-state index is 0.217. The molecule has 0 saturated heterocycles. The second-order valence-electron chi connectivity index (χ2n) is 4.23. The van der Waals surface area contributed by atoms with Crippen LogP contribution >= 0.6 is 0 Å². The van der Waals surface area contributed by atoms with Crippen LogP contribution in [0.15, 0.2) is 36.0 Å². The monoisotopic (exact) mass is 199 g/mol. The smallest absolute Gasteiger partial charge is 0.191 e. The zero-order chi connectivity index (χ0) is 10.3. The highest BCUT2D eigenvalue weighted by molar-refractivity contribution is 6.11. The van der Waals surface area contributed by atoms with Crippen LogP contribution in [0.1, 0.15) is 22.3 Å². The third-order valence-corrected chi connectivity index (χ3v) is 3.33. The molecule has 1 aliphatic carbocycles. The van der Waals surface area contributed by atoms with Crippen LogP contribution in [-0.2, 0) is 6.42 Å². The van der Waals surface area contributed by atoms with E-state index in [1.807, 2.05) is 24.4 Å². The maximum absolute atomic E-state index is 12.1. The summed E-state index contributed by atoms with van der Waals surface area (Å²) in [5.41, 5.74) is 3.08. The van der Waals surface area contributed by atoms with Crippen LogP contribution in [0.4, 0.5) is 0 Å². The molecule has 76 valence electrons. The molecule has 0 unspecified atom stereocenters. The van der Waals surface area contributed by atoms with Gasteiger partial charge < -0.3 is 5.32 Å². The number of nitrogens with one attached hydrogen (secondary N) is 1. The van der Waals surface area contributed by atoms with Crippen LogP contribution in [0.25, 0.3) is 0 Å². The van der Waals surface area contributed by atoms with E-state index in [-0.39, 0.29) is 5.78 Å². The fourth-order valence-corrected chi connectivity index (χ4v) is 2.52. The van der Waals surface area contributed by atoms with Crippen LogP contribution in [0, 0.1) is 5.92 Å². The van der Waals surface area contributed by atoms with Gasteiger partial charge in [0.05, 0.1) is 0 Å². The molecular weight excluding hydrogens is 186 g/mol. The second-order valence-corrected chi connectivity index (χ2v) is 4.23. The number of hydrogen-bond donors (Lipinski definition) is 1. The highest BCUT2D eigenvalue weighted by Gasteiger charge is 2.30. The zero-order valence-corrected chi connectivity index (χ0v) is 8.49. The van der Waals surface area contributed by atoms with Gasteiger partial charge in [0, 0.05) is 23.9 Å². The van der Waals surface area contributed by atoms with Gasteiger partial charge in [0.15, 0.2) is 5.78 Å². The van der Waals surface area contributed by atoms with Gasteiger partial charge in [-0.05, 0) is 24.3 Å². The molecule has 15 heavy (non-hydrogen) atoms. The molecule has 1 aromatic carbocycles. The fraction of sp³-hybridized carbons (Fsp3) is 0.308. The van der Waals surface area contributed by atoms with Crippen LogP contribution < -0.4 is 5.32 Å². The van der Waals surface area contributed by atoms with E-state index in [4.69, 9.17) is 0 Å². The number of benzene rings is 1. The largest absolute Gasteiger partial charge is 0.391 e. The molecule has 1 heterocycles. The van der Waals surface area contributed by atoms with Gasteiger partial charge in [0.1, 0.15) is 0 Å². The topological polar surface area (TPSA) is 29.1 Å². The number of allylic oxidation sites excluding steroid dienone is 1. The van der Waals surface area contributed by atoms with Crippen molar-refractivity contribution in [2.75, 3.05) is 6.54 Å². The van der Waals surface area contributed by atoms with Crippen molar-refractivity contribution < 1.29 is 4.79 Å². The van der Waals surface area contributed by atoms with E-state index in [9.17, 15) is 4.79 Å². The van der Waals surface area contributed by atoms with E-state index < -0.39 is 0 Å². The summed E-state index contributed by atoms with van der Waals surface area (Å²) in [6.45, 7) is 0.990. The molecule has 1 aliphatic heterocycles. The third-order valence-electron chi connectivity index (χ3n) is 3.33. The lowest BCUT2D eigenvalue weighted by Gasteiger charge is -2.29. The van der Waals surface area contributed by atoms with E-state index in [1.165, 1.54) is 5.56 Å². The van der Waals surface area contributed by atoms with Crippen molar-refractivity contribution in [3.63, 3.8) is 0 Å². The summed E-state index contributed by atoms with van der Waals surface area (Å²) in [5.74, 6) is 0.655. The molecule has 0 saturated carbocycles. The lowest BCUT2D eigenvalue weighted by atomic mass is 9.77. The average molecular weight is 199 g/mol. The Morgan fingerprint density at radius 1 is 1.27 bits per heavy atom. The van der Waals surface area contributed by atoms with Crippen molar-refractivity contribution in [2.45, 2.75) is 12.8 Å². The molecule has 1 N–H and O–H groups in total. The maximum Gasteiger partial charge on any atom is 0.191 e. The summed E-state index contributed by atoms with van der Waals surface area (Å²) in [5, 5.41) is 3.16. The predicted octanol–water partition coefficient (Wildman–Crippen LogP) is 1.92. The number of carbonyl (C=O) groups excluding carboxylic acids is 1. The Bertz CT molecular complexity index is 448. The van der Waals surface area contributed by atoms with Gasteiger partial charge in [-0.2, -0.15) is 0 Å². The summed E-state index contributed by atoms with van der Waals surface area (Å²) in [4.78, 5) is 12.1. The van der Waals surface area contributed by atoms with E-state index in [0.717, 1.165) is 30.5 Å². The van der Waals surface area contributed by atoms with E-state index in [0.29, 0.717) is 5.92 Å².